The van der Waals surface area contributed by atoms with Gasteiger partial charge in [0.25, 0.3) is 0 Å². The van der Waals surface area contributed by atoms with E-state index in [4.69, 9.17) is 12.6 Å². The molecule has 1 saturated heterocycles. The predicted molar refractivity (Wildman–Crippen MR) is 139 cm³/mol. The Bertz CT molecular complexity index is 801. The van der Waals surface area contributed by atoms with Crippen molar-refractivity contribution in [3.8, 4) is 0 Å². The van der Waals surface area contributed by atoms with Crippen molar-refractivity contribution >= 4 is 31.3 Å². The minimum absolute atomic E-state index is 0.107. The smallest absolute Gasteiger partial charge is 0.233 e. The van der Waals surface area contributed by atoms with Crippen molar-refractivity contribution in [3.63, 3.8) is 0 Å². The Morgan fingerprint density at radius 2 is 1.57 bits per heavy atom. The van der Waals surface area contributed by atoms with Gasteiger partial charge in [0.2, 0.25) is 17.7 Å². The molecule has 1 unspecified atom stereocenters. The van der Waals surface area contributed by atoms with Crippen LogP contribution in [0.2, 0.25) is 0 Å². The van der Waals surface area contributed by atoms with Gasteiger partial charge in [0.05, 0.1) is 11.3 Å². The first kappa shape index (κ1) is 31.3. The van der Waals surface area contributed by atoms with Gasteiger partial charge in [-0.05, 0) is 73.1 Å². The maximum atomic E-state index is 12.8. The third kappa shape index (κ3) is 9.36. The van der Waals surface area contributed by atoms with Crippen LogP contribution in [0.3, 0.4) is 0 Å². The van der Waals surface area contributed by atoms with Crippen molar-refractivity contribution < 1.29 is 23.9 Å². The third-order valence-electron chi connectivity index (χ3n) is 7.27. The molecular weight excluding hydrogens is 443 g/mol. The minimum Gasteiger partial charge on any atom is -0.376 e. The van der Waals surface area contributed by atoms with E-state index in [1.165, 1.54) is 4.90 Å². The lowest BCUT2D eigenvalue weighted by Crippen LogP contribution is -2.49. The molecule has 1 N–H and O–H groups in total. The summed E-state index contributed by atoms with van der Waals surface area (Å²) in [6.07, 6.45) is 2.84. The Labute approximate surface area is 213 Å². The average molecular weight is 490 g/mol. The quantitative estimate of drug-likeness (QED) is 0.292. The first-order valence-electron chi connectivity index (χ1n) is 12.8. The summed E-state index contributed by atoms with van der Waals surface area (Å²) < 4.78 is 6.02. The van der Waals surface area contributed by atoms with Crippen LogP contribution in [0.5, 0.6) is 0 Å². The van der Waals surface area contributed by atoms with E-state index in [1.54, 1.807) is 0 Å². The number of amides is 3. The second-order valence-corrected chi connectivity index (χ2v) is 13.0. The van der Waals surface area contributed by atoms with Crippen molar-refractivity contribution in [3.05, 3.63) is 0 Å². The van der Waals surface area contributed by atoms with E-state index in [0.717, 1.165) is 6.42 Å². The van der Waals surface area contributed by atoms with E-state index in [0.29, 0.717) is 25.9 Å². The molecular formula is C27H47BN2O5. The molecule has 0 aromatic rings. The van der Waals surface area contributed by atoms with Gasteiger partial charge in [0, 0.05) is 41.9 Å². The van der Waals surface area contributed by atoms with Crippen LogP contribution in [0.15, 0.2) is 0 Å². The van der Waals surface area contributed by atoms with Crippen molar-refractivity contribution in [1.82, 2.24) is 10.2 Å². The molecule has 1 fully saturated rings. The molecule has 0 aliphatic carbocycles. The number of ether oxygens (including phenoxy) is 1. The molecule has 0 aromatic carbocycles. The normalized spacial score (nSPS) is 17.9. The first-order valence-corrected chi connectivity index (χ1v) is 12.8. The Kier molecular flexibility index (Phi) is 10.4. The first-order chi connectivity index (χ1) is 15.7. The number of nitrogens with one attached hydrogen (secondary N) is 1. The van der Waals surface area contributed by atoms with E-state index < -0.39 is 22.1 Å². The lowest BCUT2D eigenvalue weighted by Gasteiger charge is -2.35. The van der Waals surface area contributed by atoms with E-state index in [2.05, 4.69) is 5.32 Å². The maximum absolute atomic E-state index is 12.8. The van der Waals surface area contributed by atoms with Crippen LogP contribution in [0.1, 0.15) is 108 Å². The molecule has 7 nitrogen and oxygen atoms in total. The highest BCUT2D eigenvalue weighted by Gasteiger charge is 2.46. The number of carbonyl (C=O) groups excluding carboxylic acids is 4. The summed E-state index contributed by atoms with van der Waals surface area (Å²) in [6.45, 7) is 19.6. The summed E-state index contributed by atoms with van der Waals surface area (Å²) in [6, 6.07) is 0. The summed E-state index contributed by atoms with van der Waals surface area (Å²) in [5.74, 6) is -0.552. The highest BCUT2D eigenvalue weighted by Crippen LogP contribution is 2.34. The number of hydrogen-bond acceptors (Lipinski definition) is 5. The predicted octanol–water partition coefficient (Wildman–Crippen LogP) is 4.16. The van der Waals surface area contributed by atoms with E-state index in [1.807, 2.05) is 69.2 Å². The van der Waals surface area contributed by atoms with Gasteiger partial charge in [-0.3, -0.25) is 19.3 Å². The fraction of sp³-hybridized carbons (Fsp3) is 0.852. The van der Waals surface area contributed by atoms with Crippen LogP contribution in [-0.4, -0.2) is 59.4 Å². The molecule has 198 valence electrons. The number of hydrogen-bond donors (Lipinski definition) is 1. The standard InChI is InChI=1S/C27H47BN2O5/c1-18(2)19-17-21(32)30(22(19)33)26(7,8)12-11-20(31)29-25(5,6)13-14-27(9,10)35-16-15-24(3,4)23(28)34/h18-19H,11-17H2,1-10H3,(H,29,31). The second kappa shape index (κ2) is 11.6. The van der Waals surface area contributed by atoms with Crippen LogP contribution < -0.4 is 5.32 Å². The van der Waals surface area contributed by atoms with Gasteiger partial charge in [0.1, 0.15) is 0 Å². The topological polar surface area (TPSA) is 92.8 Å². The molecule has 1 aliphatic heterocycles. The highest BCUT2D eigenvalue weighted by molar-refractivity contribution is 6.58. The van der Waals surface area contributed by atoms with Crippen LogP contribution >= 0.6 is 0 Å². The SMILES string of the molecule is [B]C(=O)C(C)(C)CCOC(C)(C)CCC(C)(C)NC(=O)CCC(C)(C)N1C(=O)CC(C(C)C)C1=O. The minimum atomic E-state index is -0.714. The van der Waals surface area contributed by atoms with Crippen LogP contribution in [0, 0.1) is 17.3 Å². The van der Waals surface area contributed by atoms with Gasteiger partial charge in [-0.2, -0.15) is 0 Å². The largest absolute Gasteiger partial charge is 0.376 e. The summed E-state index contributed by atoms with van der Waals surface area (Å²) in [4.78, 5) is 50.9. The van der Waals surface area contributed by atoms with Crippen molar-refractivity contribution in [2.45, 2.75) is 124 Å². The van der Waals surface area contributed by atoms with Crippen LogP contribution in [-0.2, 0) is 23.9 Å². The second-order valence-electron chi connectivity index (χ2n) is 13.0. The van der Waals surface area contributed by atoms with Crippen molar-refractivity contribution in [1.29, 1.82) is 0 Å². The summed E-state index contributed by atoms with van der Waals surface area (Å²) in [5.41, 5.74) is -2.54. The molecule has 0 saturated carbocycles. The van der Waals surface area contributed by atoms with Crippen LogP contribution in [0.4, 0.5) is 0 Å². The van der Waals surface area contributed by atoms with Gasteiger partial charge in [-0.15, -0.1) is 0 Å². The fourth-order valence-electron chi connectivity index (χ4n) is 4.24. The number of carbonyl (C=O) groups is 4. The average Bonchev–Trinajstić information content (AvgIpc) is 2.99. The van der Waals surface area contributed by atoms with Crippen molar-refractivity contribution in [2.24, 2.45) is 17.3 Å². The third-order valence-corrected chi connectivity index (χ3v) is 7.27. The summed E-state index contributed by atoms with van der Waals surface area (Å²) in [5, 5.41) is 3.09. The van der Waals surface area contributed by atoms with E-state index >= 15 is 0 Å². The number of nitrogens with zero attached hydrogens (tertiary/aromatic N) is 1. The number of imide groups is 1. The zero-order chi connectivity index (χ0) is 27.4. The molecule has 0 spiro atoms. The summed E-state index contributed by atoms with van der Waals surface area (Å²) >= 11 is 0. The van der Waals surface area contributed by atoms with Gasteiger partial charge < -0.3 is 14.8 Å². The van der Waals surface area contributed by atoms with Gasteiger partial charge in [0.15, 0.2) is 7.85 Å². The zero-order valence-electron chi connectivity index (χ0n) is 23.7. The molecule has 1 rings (SSSR count). The Hall–Kier alpha value is -1.70. The number of rotatable bonds is 14. The van der Waals surface area contributed by atoms with Gasteiger partial charge in [-0.25, -0.2) is 0 Å². The Morgan fingerprint density at radius 3 is 2.06 bits per heavy atom. The monoisotopic (exact) mass is 490 g/mol. The maximum Gasteiger partial charge on any atom is 0.233 e. The van der Waals surface area contributed by atoms with E-state index in [-0.39, 0.29) is 48.1 Å². The molecule has 35 heavy (non-hydrogen) atoms. The lowest BCUT2D eigenvalue weighted by atomic mass is 9.75. The molecule has 1 heterocycles. The molecule has 8 heteroatoms. The van der Waals surface area contributed by atoms with Crippen LogP contribution in [0.25, 0.3) is 0 Å². The number of likely N-dealkylation sites (tertiary alicyclic amines) is 1. The summed E-state index contributed by atoms with van der Waals surface area (Å²) in [7, 11) is 5.43. The molecule has 0 bridgehead atoms. The van der Waals surface area contributed by atoms with Gasteiger partial charge in [-0.1, -0.05) is 27.7 Å². The van der Waals surface area contributed by atoms with E-state index in [9.17, 15) is 19.2 Å². The lowest BCUT2D eigenvalue weighted by molar-refractivity contribution is -0.146. The highest BCUT2D eigenvalue weighted by atomic mass is 16.5. The Morgan fingerprint density at radius 1 is 1.00 bits per heavy atom. The fourth-order valence-corrected chi connectivity index (χ4v) is 4.24. The molecule has 0 aromatic heterocycles. The zero-order valence-corrected chi connectivity index (χ0v) is 23.7. The molecule has 1 atom stereocenters. The molecule has 2 radical (unpaired) electrons. The Balaban J connectivity index is 2.57. The molecule has 3 amide bonds. The molecule has 1 aliphatic rings. The van der Waals surface area contributed by atoms with Gasteiger partial charge >= 0.3 is 0 Å². The van der Waals surface area contributed by atoms with Crippen molar-refractivity contribution in [2.75, 3.05) is 6.61 Å².